The van der Waals surface area contributed by atoms with Crippen molar-refractivity contribution in [2.24, 2.45) is 0 Å². The van der Waals surface area contributed by atoms with Gasteiger partial charge in [-0.25, -0.2) is 0 Å². The molecule has 1 heteroatoms. The lowest BCUT2D eigenvalue weighted by atomic mass is 9.82. The van der Waals surface area contributed by atoms with Gasteiger partial charge in [0.15, 0.2) is 0 Å². The van der Waals surface area contributed by atoms with Gasteiger partial charge in [-0.3, -0.25) is 0 Å². The molecule has 0 spiro atoms. The molecule has 0 amide bonds. The summed E-state index contributed by atoms with van der Waals surface area (Å²) in [6, 6.07) is 20.4. The van der Waals surface area contributed by atoms with Crippen LogP contribution in [0.4, 0.5) is 11.4 Å². The molecule has 3 aromatic carbocycles. The first-order valence-electron chi connectivity index (χ1n) is 8.74. The molecule has 24 heavy (non-hydrogen) atoms. The van der Waals surface area contributed by atoms with Crippen molar-refractivity contribution in [3.63, 3.8) is 0 Å². The van der Waals surface area contributed by atoms with Crippen molar-refractivity contribution >= 4 is 11.4 Å². The summed E-state index contributed by atoms with van der Waals surface area (Å²) in [4.78, 5) is 2.38. The average molecular weight is 311 g/mol. The highest BCUT2D eigenvalue weighted by molar-refractivity contribution is 5.76. The summed E-state index contributed by atoms with van der Waals surface area (Å²) >= 11 is 0. The number of hydrogen-bond donors (Lipinski definition) is 0. The lowest BCUT2D eigenvalue weighted by Gasteiger charge is -2.33. The molecule has 0 radical (unpaired) electrons. The fourth-order valence-electron chi connectivity index (χ4n) is 4.37. The molecule has 118 valence electrons. The Morgan fingerprint density at radius 1 is 0.667 bits per heavy atom. The molecule has 0 bridgehead atoms. The highest BCUT2D eigenvalue weighted by atomic mass is 15.1. The van der Waals surface area contributed by atoms with Gasteiger partial charge in [0.25, 0.3) is 0 Å². The largest absolute Gasteiger partial charge is 0.344 e. The monoisotopic (exact) mass is 311 g/mol. The van der Waals surface area contributed by atoms with Crippen LogP contribution in [0.15, 0.2) is 54.6 Å². The second-order valence-electron chi connectivity index (χ2n) is 7.18. The van der Waals surface area contributed by atoms with Gasteiger partial charge >= 0.3 is 0 Å². The van der Waals surface area contributed by atoms with Crippen LogP contribution in [0.2, 0.25) is 0 Å². The van der Waals surface area contributed by atoms with Crippen LogP contribution < -0.4 is 4.90 Å². The number of aryl methyl sites for hydroxylation is 1. The van der Waals surface area contributed by atoms with Gasteiger partial charge in [0, 0.05) is 24.8 Å². The van der Waals surface area contributed by atoms with Gasteiger partial charge in [-0.2, -0.15) is 0 Å². The highest BCUT2D eigenvalue weighted by Gasteiger charge is 2.24. The van der Waals surface area contributed by atoms with Gasteiger partial charge in [-0.1, -0.05) is 42.5 Å². The molecule has 0 unspecified atom stereocenters. The van der Waals surface area contributed by atoms with E-state index in [2.05, 4.69) is 73.5 Å². The van der Waals surface area contributed by atoms with Crippen LogP contribution in [0.25, 0.3) is 0 Å². The van der Waals surface area contributed by atoms with Crippen LogP contribution in [0, 0.1) is 6.92 Å². The fraction of sp³-hybridized carbons (Fsp3) is 0.217. The van der Waals surface area contributed by atoms with Gasteiger partial charge in [0.05, 0.1) is 0 Å². The maximum absolute atomic E-state index is 2.46. The first-order valence-corrected chi connectivity index (χ1v) is 8.74. The molecule has 1 aliphatic carbocycles. The molecule has 5 rings (SSSR count). The number of benzene rings is 3. The molecule has 0 saturated carbocycles. The summed E-state index contributed by atoms with van der Waals surface area (Å²) in [5.74, 6) is 0. The van der Waals surface area contributed by atoms with Crippen molar-refractivity contribution in [1.29, 1.82) is 0 Å². The lowest BCUT2D eigenvalue weighted by Crippen LogP contribution is -2.21. The van der Waals surface area contributed by atoms with Gasteiger partial charge < -0.3 is 4.90 Å². The standard InChI is InChI=1S/C23H21N/c1-15-6-5-9-22-21(15)13-20-12-18-10-16-7-3-4-8-17(16)11-19(18)14-23(20)24(22)2/h3-9,12,14H,10-11,13H2,1-2H3. The second kappa shape index (κ2) is 4.98. The summed E-state index contributed by atoms with van der Waals surface area (Å²) in [5, 5.41) is 0. The number of anilines is 2. The van der Waals surface area contributed by atoms with E-state index in [4.69, 9.17) is 0 Å². The Labute approximate surface area is 143 Å². The van der Waals surface area contributed by atoms with Crippen molar-refractivity contribution in [2.75, 3.05) is 11.9 Å². The first-order chi connectivity index (χ1) is 11.7. The Morgan fingerprint density at radius 2 is 1.38 bits per heavy atom. The zero-order chi connectivity index (χ0) is 16.3. The van der Waals surface area contributed by atoms with E-state index < -0.39 is 0 Å². The van der Waals surface area contributed by atoms with Crippen LogP contribution in [0.3, 0.4) is 0 Å². The number of fused-ring (bicyclic) bond motifs is 4. The van der Waals surface area contributed by atoms with Gasteiger partial charge in [0.2, 0.25) is 0 Å². The molecule has 0 fully saturated rings. The summed E-state index contributed by atoms with van der Waals surface area (Å²) in [7, 11) is 2.21. The van der Waals surface area contributed by atoms with E-state index in [-0.39, 0.29) is 0 Å². The Balaban J connectivity index is 1.64. The van der Waals surface area contributed by atoms with Gasteiger partial charge in [-0.05, 0) is 70.8 Å². The smallest absolute Gasteiger partial charge is 0.0447 e. The maximum Gasteiger partial charge on any atom is 0.0447 e. The zero-order valence-corrected chi connectivity index (χ0v) is 14.3. The average Bonchev–Trinajstić information content (AvgIpc) is 2.60. The zero-order valence-electron chi connectivity index (χ0n) is 14.3. The van der Waals surface area contributed by atoms with Crippen LogP contribution in [0.1, 0.15) is 38.9 Å². The molecule has 0 aromatic heterocycles. The van der Waals surface area contributed by atoms with Crippen LogP contribution >= 0.6 is 0 Å². The van der Waals surface area contributed by atoms with Gasteiger partial charge in [-0.15, -0.1) is 0 Å². The quantitative estimate of drug-likeness (QED) is 0.433. The predicted octanol–water partition coefficient (Wildman–Crippen LogP) is 5.16. The molecule has 0 saturated heterocycles. The molecule has 1 heterocycles. The minimum absolute atomic E-state index is 1.05. The molecule has 0 N–H and O–H groups in total. The predicted molar refractivity (Wildman–Crippen MR) is 101 cm³/mol. The fourth-order valence-corrected chi connectivity index (χ4v) is 4.37. The third-order valence-corrected chi connectivity index (χ3v) is 5.76. The Morgan fingerprint density at radius 3 is 2.12 bits per heavy atom. The Bertz CT molecular complexity index is 968. The number of rotatable bonds is 0. The van der Waals surface area contributed by atoms with Crippen molar-refractivity contribution in [1.82, 2.24) is 0 Å². The van der Waals surface area contributed by atoms with Crippen molar-refractivity contribution in [2.45, 2.75) is 26.2 Å². The van der Waals surface area contributed by atoms with Gasteiger partial charge in [0.1, 0.15) is 0 Å². The molecule has 1 nitrogen and oxygen atoms in total. The second-order valence-corrected chi connectivity index (χ2v) is 7.18. The molecular weight excluding hydrogens is 290 g/mol. The van der Waals surface area contributed by atoms with Crippen LogP contribution in [-0.2, 0) is 19.3 Å². The summed E-state index contributed by atoms with van der Waals surface area (Å²) in [6.07, 6.45) is 3.19. The van der Waals surface area contributed by atoms with E-state index in [0.29, 0.717) is 0 Å². The third-order valence-electron chi connectivity index (χ3n) is 5.76. The van der Waals surface area contributed by atoms with E-state index in [1.807, 2.05) is 0 Å². The van der Waals surface area contributed by atoms with E-state index in [0.717, 1.165) is 19.3 Å². The van der Waals surface area contributed by atoms with E-state index in [1.54, 1.807) is 0 Å². The van der Waals surface area contributed by atoms with E-state index in [1.165, 1.54) is 50.3 Å². The lowest BCUT2D eigenvalue weighted by molar-refractivity contribution is 0.968. The van der Waals surface area contributed by atoms with Crippen molar-refractivity contribution in [3.8, 4) is 0 Å². The summed E-state index contributed by atoms with van der Waals surface area (Å²) in [5.41, 5.74) is 13.1. The Hall–Kier alpha value is -2.54. The molecular formula is C23H21N. The minimum atomic E-state index is 1.05. The van der Waals surface area contributed by atoms with Crippen molar-refractivity contribution in [3.05, 3.63) is 93.5 Å². The SMILES string of the molecule is Cc1cccc2c1Cc1cc3c(cc1N2C)Cc1ccccc1C3. The van der Waals surface area contributed by atoms with E-state index >= 15 is 0 Å². The third kappa shape index (κ3) is 1.94. The number of nitrogens with zero attached hydrogens (tertiary/aromatic N) is 1. The maximum atomic E-state index is 2.46. The number of hydrogen-bond acceptors (Lipinski definition) is 1. The highest BCUT2D eigenvalue weighted by Crippen LogP contribution is 2.41. The topological polar surface area (TPSA) is 3.24 Å². The molecule has 2 aliphatic rings. The van der Waals surface area contributed by atoms with E-state index in [9.17, 15) is 0 Å². The molecule has 0 atom stereocenters. The Kier molecular flexibility index (Phi) is 2.87. The van der Waals surface area contributed by atoms with Crippen molar-refractivity contribution < 1.29 is 0 Å². The first kappa shape index (κ1) is 13.9. The molecule has 1 aliphatic heterocycles. The van der Waals surface area contributed by atoms with Crippen LogP contribution in [-0.4, -0.2) is 7.05 Å². The molecule has 3 aromatic rings. The van der Waals surface area contributed by atoms with Crippen LogP contribution in [0.5, 0.6) is 0 Å². The normalized spacial score (nSPS) is 14.5. The summed E-state index contributed by atoms with van der Waals surface area (Å²) in [6.45, 7) is 2.23. The minimum Gasteiger partial charge on any atom is -0.344 e. The summed E-state index contributed by atoms with van der Waals surface area (Å²) < 4.78 is 0.